The number of carbonyl (C=O) groups excluding carboxylic acids is 2. The van der Waals surface area contributed by atoms with E-state index in [1.807, 2.05) is 35.4 Å². The van der Waals surface area contributed by atoms with Gasteiger partial charge in [-0.1, -0.05) is 0 Å². The van der Waals surface area contributed by atoms with E-state index < -0.39 is 0 Å². The summed E-state index contributed by atoms with van der Waals surface area (Å²) in [6, 6.07) is 5.53. The summed E-state index contributed by atoms with van der Waals surface area (Å²) in [4.78, 5) is 38.6. The van der Waals surface area contributed by atoms with Gasteiger partial charge in [0.2, 0.25) is 0 Å². The number of aromatic amines is 1. The number of nitrogens with zero attached hydrogens (tertiary/aromatic N) is 3. The number of likely N-dealkylation sites (tertiary alicyclic amines) is 1. The van der Waals surface area contributed by atoms with Gasteiger partial charge in [-0.05, 0) is 38.0 Å². The highest BCUT2D eigenvalue weighted by Crippen LogP contribution is 2.24. The van der Waals surface area contributed by atoms with Gasteiger partial charge in [0, 0.05) is 36.1 Å². The van der Waals surface area contributed by atoms with E-state index in [4.69, 9.17) is 0 Å². The van der Waals surface area contributed by atoms with Gasteiger partial charge in [-0.15, -0.1) is 11.3 Å². The number of Topliss-reactive ketones (excluding diaryl/α,β-unsaturated/α-hetero) is 1. The van der Waals surface area contributed by atoms with Crippen LogP contribution in [0, 0.1) is 12.8 Å². The second kappa shape index (κ2) is 6.40. The Bertz CT molecular complexity index is 924. The molecule has 6 nitrogen and oxygen atoms in total. The summed E-state index contributed by atoms with van der Waals surface area (Å²) in [5, 5.41) is 2.39. The lowest BCUT2D eigenvalue weighted by Gasteiger charge is -2.31. The fourth-order valence-corrected chi connectivity index (χ4v) is 3.97. The number of amides is 1. The van der Waals surface area contributed by atoms with Crippen molar-refractivity contribution in [2.24, 2.45) is 5.92 Å². The average molecular weight is 354 g/mol. The third-order valence-corrected chi connectivity index (χ3v) is 5.43. The van der Waals surface area contributed by atoms with Crippen LogP contribution in [0.2, 0.25) is 0 Å². The van der Waals surface area contributed by atoms with Crippen molar-refractivity contribution in [3.05, 3.63) is 46.2 Å². The number of imidazole rings is 1. The molecule has 3 heterocycles. The lowest BCUT2D eigenvalue weighted by Crippen LogP contribution is -2.40. The van der Waals surface area contributed by atoms with Gasteiger partial charge in [-0.3, -0.25) is 9.59 Å². The van der Waals surface area contributed by atoms with E-state index >= 15 is 0 Å². The maximum Gasteiger partial charge on any atom is 0.253 e. The normalized spacial score (nSPS) is 15.6. The van der Waals surface area contributed by atoms with E-state index in [1.54, 1.807) is 6.20 Å². The van der Waals surface area contributed by atoms with E-state index in [9.17, 15) is 9.59 Å². The monoisotopic (exact) mass is 354 g/mol. The van der Waals surface area contributed by atoms with Gasteiger partial charge >= 0.3 is 0 Å². The lowest BCUT2D eigenvalue weighted by molar-refractivity contribution is 0.0650. The number of aromatic nitrogens is 3. The van der Waals surface area contributed by atoms with Crippen LogP contribution in [0.25, 0.3) is 11.0 Å². The number of ketones is 1. The van der Waals surface area contributed by atoms with Gasteiger partial charge < -0.3 is 9.88 Å². The number of hydrogen-bond donors (Lipinski definition) is 1. The Hall–Kier alpha value is -2.54. The van der Waals surface area contributed by atoms with Crippen LogP contribution in [0.5, 0.6) is 0 Å². The minimum Gasteiger partial charge on any atom is -0.342 e. The molecular weight excluding hydrogens is 336 g/mol. The molecule has 7 heteroatoms. The summed E-state index contributed by atoms with van der Waals surface area (Å²) in [7, 11) is 0. The third kappa shape index (κ3) is 3.07. The van der Waals surface area contributed by atoms with Crippen molar-refractivity contribution in [1.29, 1.82) is 0 Å². The molecule has 0 bridgehead atoms. The molecule has 2 aromatic heterocycles. The number of benzene rings is 1. The fourth-order valence-electron chi connectivity index (χ4n) is 3.32. The fraction of sp³-hybridized carbons (Fsp3) is 0.333. The van der Waals surface area contributed by atoms with Crippen molar-refractivity contribution in [2.45, 2.75) is 19.8 Å². The zero-order chi connectivity index (χ0) is 17.4. The Morgan fingerprint density at radius 2 is 2.08 bits per heavy atom. The highest BCUT2D eigenvalue weighted by Gasteiger charge is 2.29. The van der Waals surface area contributed by atoms with Gasteiger partial charge in [0.05, 0.1) is 11.0 Å². The predicted molar refractivity (Wildman–Crippen MR) is 95.9 cm³/mol. The maximum absolute atomic E-state index is 12.8. The summed E-state index contributed by atoms with van der Waals surface area (Å²) >= 11 is 1.38. The number of hydrogen-bond acceptors (Lipinski definition) is 5. The van der Waals surface area contributed by atoms with Crippen LogP contribution in [-0.4, -0.2) is 44.6 Å². The molecular formula is C18H18N4O2S. The summed E-state index contributed by atoms with van der Waals surface area (Å²) in [6.45, 7) is 3.09. The quantitative estimate of drug-likeness (QED) is 0.733. The number of thiazole rings is 1. The van der Waals surface area contributed by atoms with Gasteiger partial charge in [-0.25, -0.2) is 9.97 Å². The lowest BCUT2D eigenvalue weighted by atomic mass is 9.92. The van der Waals surface area contributed by atoms with Gasteiger partial charge in [-0.2, -0.15) is 0 Å². The summed E-state index contributed by atoms with van der Waals surface area (Å²) in [5.74, 6) is 0.916. The van der Waals surface area contributed by atoms with Gasteiger partial charge in [0.15, 0.2) is 10.8 Å². The number of carbonyl (C=O) groups is 2. The number of piperidine rings is 1. The zero-order valence-electron chi connectivity index (χ0n) is 13.9. The molecule has 1 N–H and O–H groups in total. The second-order valence-electron chi connectivity index (χ2n) is 6.32. The molecule has 3 aromatic rings. The van der Waals surface area contributed by atoms with Crippen LogP contribution in [0.15, 0.2) is 29.8 Å². The summed E-state index contributed by atoms with van der Waals surface area (Å²) in [5.41, 5.74) is 2.39. The number of rotatable bonds is 3. The first-order valence-corrected chi connectivity index (χ1v) is 9.19. The van der Waals surface area contributed by atoms with Crippen molar-refractivity contribution in [3.8, 4) is 0 Å². The van der Waals surface area contributed by atoms with E-state index in [0.717, 1.165) is 16.9 Å². The predicted octanol–water partition coefficient (Wildman–Crippen LogP) is 3.06. The highest BCUT2D eigenvalue weighted by atomic mass is 32.1. The van der Waals surface area contributed by atoms with E-state index in [0.29, 0.717) is 36.5 Å². The maximum atomic E-state index is 12.8. The van der Waals surface area contributed by atoms with E-state index in [-0.39, 0.29) is 17.6 Å². The van der Waals surface area contributed by atoms with E-state index in [2.05, 4.69) is 15.0 Å². The molecule has 1 fully saturated rings. The van der Waals surface area contributed by atoms with Crippen molar-refractivity contribution in [1.82, 2.24) is 19.9 Å². The number of H-pyrrole nitrogens is 1. The molecule has 1 amide bonds. The molecule has 1 aliphatic heterocycles. The molecule has 0 spiro atoms. The van der Waals surface area contributed by atoms with Crippen molar-refractivity contribution in [2.75, 3.05) is 13.1 Å². The first kappa shape index (κ1) is 16.0. The number of nitrogens with one attached hydrogen (secondary N) is 1. The molecule has 128 valence electrons. The Morgan fingerprint density at radius 1 is 1.28 bits per heavy atom. The molecule has 0 unspecified atom stereocenters. The molecule has 1 aromatic carbocycles. The van der Waals surface area contributed by atoms with Crippen LogP contribution in [0.3, 0.4) is 0 Å². The molecule has 0 atom stereocenters. The molecule has 1 aliphatic rings. The molecule has 25 heavy (non-hydrogen) atoms. The minimum absolute atomic E-state index is 0.00861. The molecule has 0 saturated carbocycles. The Labute approximate surface area is 148 Å². The van der Waals surface area contributed by atoms with Gasteiger partial charge in [0.25, 0.3) is 5.91 Å². The minimum atomic E-state index is -0.0343. The summed E-state index contributed by atoms with van der Waals surface area (Å²) in [6.07, 6.45) is 3.04. The second-order valence-corrected chi connectivity index (χ2v) is 7.22. The smallest absolute Gasteiger partial charge is 0.253 e. The van der Waals surface area contributed by atoms with Crippen molar-refractivity contribution >= 4 is 34.1 Å². The zero-order valence-corrected chi connectivity index (χ0v) is 14.7. The van der Waals surface area contributed by atoms with Crippen LogP contribution < -0.4 is 0 Å². The largest absolute Gasteiger partial charge is 0.342 e. The van der Waals surface area contributed by atoms with Crippen molar-refractivity contribution in [3.63, 3.8) is 0 Å². The molecule has 0 aliphatic carbocycles. The molecule has 0 radical (unpaired) electrons. The van der Waals surface area contributed by atoms with Crippen LogP contribution in [-0.2, 0) is 0 Å². The standard InChI is InChI=1S/C18H18N4O2S/c1-11-20-14-3-2-13(10-15(14)21-11)18(24)22-7-4-12(5-8-22)16(23)17-19-6-9-25-17/h2-3,6,9-10,12H,4-5,7-8H2,1H3,(H,20,21). The van der Waals surface area contributed by atoms with E-state index in [1.165, 1.54) is 11.3 Å². The SMILES string of the molecule is Cc1nc2ccc(C(=O)N3CCC(C(=O)c4nccs4)CC3)cc2[nH]1. The third-order valence-electron chi connectivity index (χ3n) is 4.64. The topological polar surface area (TPSA) is 79.0 Å². The Balaban J connectivity index is 1.44. The Morgan fingerprint density at radius 3 is 2.80 bits per heavy atom. The highest BCUT2D eigenvalue weighted by molar-refractivity contribution is 7.11. The Kier molecular flexibility index (Phi) is 4.09. The van der Waals surface area contributed by atoms with Crippen LogP contribution in [0.1, 0.15) is 38.8 Å². The van der Waals surface area contributed by atoms with Gasteiger partial charge in [0.1, 0.15) is 5.82 Å². The first-order valence-electron chi connectivity index (χ1n) is 8.31. The molecule has 4 rings (SSSR count). The number of aryl methyl sites for hydroxylation is 1. The molecule has 1 saturated heterocycles. The first-order chi connectivity index (χ1) is 12.1. The number of fused-ring (bicyclic) bond motifs is 1. The average Bonchev–Trinajstić information content (AvgIpc) is 3.28. The van der Waals surface area contributed by atoms with Crippen LogP contribution >= 0.6 is 11.3 Å². The summed E-state index contributed by atoms with van der Waals surface area (Å²) < 4.78 is 0. The van der Waals surface area contributed by atoms with Crippen molar-refractivity contribution < 1.29 is 9.59 Å². The van der Waals surface area contributed by atoms with Crippen LogP contribution in [0.4, 0.5) is 0 Å².